The van der Waals surface area contributed by atoms with Crippen molar-refractivity contribution in [3.63, 3.8) is 0 Å². The van der Waals surface area contributed by atoms with Crippen LogP contribution in [-0.2, 0) is 14.3 Å². The second kappa shape index (κ2) is 9.09. The highest BCUT2D eigenvalue weighted by Gasteiger charge is 2.14. The third-order valence-corrected chi connectivity index (χ3v) is 2.64. The number of carbonyl (C=O) groups is 2. The van der Waals surface area contributed by atoms with E-state index in [0.717, 1.165) is 25.9 Å². The quantitative estimate of drug-likeness (QED) is 0.726. The van der Waals surface area contributed by atoms with Gasteiger partial charge in [-0.05, 0) is 33.7 Å². The fraction of sp³-hybridized carbons (Fsp3) is 0.857. The van der Waals surface area contributed by atoms with Crippen LogP contribution in [0.1, 0.15) is 53.4 Å². The second-order valence-corrected chi connectivity index (χ2v) is 5.56. The lowest BCUT2D eigenvalue weighted by Gasteiger charge is -2.25. The summed E-state index contributed by atoms with van der Waals surface area (Å²) in [4.78, 5) is 22.8. The Morgan fingerprint density at radius 2 is 1.83 bits per heavy atom. The van der Waals surface area contributed by atoms with Gasteiger partial charge in [-0.2, -0.15) is 0 Å². The van der Waals surface area contributed by atoms with E-state index in [0.29, 0.717) is 12.3 Å². The topological polar surface area (TPSA) is 46.6 Å². The molecule has 0 N–H and O–H groups in total. The Labute approximate surface area is 111 Å². The summed E-state index contributed by atoms with van der Waals surface area (Å²) >= 11 is 0. The summed E-state index contributed by atoms with van der Waals surface area (Å²) in [5.41, 5.74) is -0.318. The molecule has 4 heteroatoms. The average Bonchev–Trinajstić information content (AvgIpc) is 2.28. The van der Waals surface area contributed by atoms with Crippen LogP contribution in [0.5, 0.6) is 0 Å². The molecule has 0 unspecified atom stereocenters. The van der Waals surface area contributed by atoms with E-state index in [9.17, 15) is 9.59 Å². The van der Waals surface area contributed by atoms with Crippen molar-refractivity contribution in [2.75, 3.05) is 19.6 Å². The van der Waals surface area contributed by atoms with Crippen LogP contribution >= 0.6 is 0 Å². The van der Waals surface area contributed by atoms with Gasteiger partial charge in [0.25, 0.3) is 6.47 Å². The number of ketones is 1. The molecule has 0 atom stereocenters. The van der Waals surface area contributed by atoms with Gasteiger partial charge < -0.3 is 9.64 Å². The molecule has 0 spiro atoms. The minimum Gasteiger partial charge on any atom is -0.462 e. The normalized spacial score (nSPS) is 16.8. The standard InChI is InChI=1S/C9H17NO.C5H10O2/c1-2-3-6-10-7-4-9(11)5-8-10;1-5(2,3)7-4-6/h2-8H2,1H3;4H,1-3H3. The zero-order valence-corrected chi connectivity index (χ0v) is 12.2. The molecule has 0 amide bonds. The van der Waals surface area contributed by atoms with E-state index in [1.807, 2.05) is 20.8 Å². The number of nitrogens with zero attached hydrogens (tertiary/aromatic N) is 1. The number of Topliss-reactive ketones (excluding diaryl/α,β-unsaturated/α-hetero) is 1. The number of likely N-dealkylation sites (tertiary alicyclic amines) is 1. The number of rotatable bonds is 4. The summed E-state index contributed by atoms with van der Waals surface area (Å²) in [6.07, 6.45) is 4.09. The lowest BCUT2D eigenvalue weighted by atomic mass is 10.1. The van der Waals surface area contributed by atoms with Crippen LogP contribution in [0.4, 0.5) is 0 Å². The zero-order valence-electron chi connectivity index (χ0n) is 12.2. The molecule has 0 aromatic heterocycles. The lowest BCUT2D eigenvalue weighted by molar-refractivity contribution is -0.138. The molecule has 1 rings (SSSR count). The number of piperidine rings is 1. The molecule has 1 aliphatic rings. The van der Waals surface area contributed by atoms with Gasteiger partial charge in [-0.1, -0.05) is 13.3 Å². The molecule has 0 aromatic carbocycles. The van der Waals surface area contributed by atoms with Gasteiger partial charge in [-0.3, -0.25) is 9.59 Å². The first-order valence-electron chi connectivity index (χ1n) is 6.74. The number of unbranched alkanes of at least 4 members (excludes halogenated alkanes) is 1. The highest BCUT2D eigenvalue weighted by Crippen LogP contribution is 2.06. The van der Waals surface area contributed by atoms with Crippen molar-refractivity contribution in [2.45, 2.75) is 59.0 Å². The third-order valence-electron chi connectivity index (χ3n) is 2.64. The van der Waals surface area contributed by atoms with E-state index in [-0.39, 0.29) is 5.60 Å². The van der Waals surface area contributed by atoms with Crippen LogP contribution in [0.2, 0.25) is 0 Å². The van der Waals surface area contributed by atoms with Gasteiger partial charge >= 0.3 is 0 Å². The predicted molar refractivity (Wildman–Crippen MR) is 72.5 cm³/mol. The second-order valence-electron chi connectivity index (χ2n) is 5.56. The SMILES string of the molecule is CC(C)(C)OC=O.CCCCN1CCC(=O)CC1. The molecule has 1 aliphatic heterocycles. The van der Waals surface area contributed by atoms with Crippen LogP contribution in [-0.4, -0.2) is 42.4 Å². The van der Waals surface area contributed by atoms with Gasteiger partial charge in [0.05, 0.1) is 0 Å². The smallest absolute Gasteiger partial charge is 0.293 e. The molecule has 1 saturated heterocycles. The molecule has 1 fully saturated rings. The average molecular weight is 257 g/mol. The molecule has 0 saturated carbocycles. The van der Waals surface area contributed by atoms with Crippen molar-refractivity contribution in [1.82, 2.24) is 4.90 Å². The van der Waals surface area contributed by atoms with E-state index >= 15 is 0 Å². The van der Waals surface area contributed by atoms with Gasteiger partial charge in [-0.15, -0.1) is 0 Å². The number of ether oxygens (including phenoxy) is 1. The van der Waals surface area contributed by atoms with Gasteiger partial charge in [-0.25, -0.2) is 0 Å². The monoisotopic (exact) mass is 257 g/mol. The van der Waals surface area contributed by atoms with Crippen molar-refractivity contribution in [1.29, 1.82) is 0 Å². The van der Waals surface area contributed by atoms with E-state index < -0.39 is 0 Å². The first-order chi connectivity index (χ1) is 8.39. The first-order valence-corrected chi connectivity index (χ1v) is 6.74. The molecule has 0 aliphatic carbocycles. The third kappa shape index (κ3) is 10.3. The van der Waals surface area contributed by atoms with Crippen LogP contribution in [0.15, 0.2) is 0 Å². The van der Waals surface area contributed by atoms with E-state index in [1.165, 1.54) is 19.4 Å². The molecule has 4 nitrogen and oxygen atoms in total. The van der Waals surface area contributed by atoms with Crippen molar-refractivity contribution in [3.8, 4) is 0 Å². The minimum absolute atomic E-state index is 0.318. The number of hydrogen-bond donors (Lipinski definition) is 0. The van der Waals surface area contributed by atoms with E-state index in [2.05, 4.69) is 16.6 Å². The van der Waals surface area contributed by atoms with Gasteiger partial charge in [0.2, 0.25) is 0 Å². The zero-order chi connectivity index (χ0) is 14.0. The van der Waals surface area contributed by atoms with E-state index in [4.69, 9.17) is 0 Å². The molecular formula is C14H27NO3. The Bertz CT molecular complexity index is 236. The maximum absolute atomic E-state index is 10.9. The summed E-state index contributed by atoms with van der Waals surface area (Å²) in [5, 5.41) is 0. The highest BCUT2D eigenvalue weighted by molar-refractivity contribution is 5.79. The lowest BCUT2D eigenvalue weighted by Crippen LogP contribution is -2.34. The Balaban J connectivity index is 0.000000360. The maximum Gasteiger partial charge on any atom is 0.293 e. The van der Waals surface area contributed by atoms with Crippen LogP contribution in [0.25, 0.3) is 0 Å². The molecule has 0 aromatic rings. The van der Waals surface area contributed by atoms with Crippen molar-refractivity contribution in [2.24, 2.45) is 0 Å². The van der Waals surface area contributed by atoms with Crippen LogP contribution < -0.4 is 0 Å². The summed E-state index contributed by atoms with van der Waals surface area (Å²) in [6, 6.07) is 0. The summed E-state index contributed by atoms with van der Waals surface area (Å²) in [6.45, 7) is 11.3. The van der Waals surface area contributed by atoms with Crippen molar-refractivity contribution < 1.29 is 14.3 Å². The number of carbonyl (C=O) groups excluding carboxylic acids is 2. The van der Waals surface area contributed by atoms with E-state index in [1.54, 1.807) is 0 Å². The van der Waals surface area contributed by atoms with Crippen molar-refractivity contribution >= 4 is 12.3 Å². The number of hydrogen-bond acceptors (Lipinski definition) is 4. The highest BCUT2D eigenvalue weighted by atomic mass is 16.5. The Morgan fingerprint density at radius 3 is 2.17 bits per heavy atom. The van der Waals surface area contributed by atoms with Crippen molar-refractivity contribution in [3.05, 3.63) is 0 Å². The largest absolute Gasteiger partial charge is 0.462 e. The summed E-state index contributed by atoms with van der Waals surface area (Å²) in [5.74, 6) is 0.442. The van der Waals surface area contributed by atoms with Gasteiger partial charge in [0.15, 0.2) is 0 Å². The Morgan fingerprint density at radius 1 is 1.28 bits per heavy atom. The molecule has 106 valence electrons. The van der Waals surface area contributed by atoms with Gasteiger partial charge in [0, 0.05) is 25.9 Å². The first kappa shape index (κ1) is 17.1. The Kier molecular flexibility index (Phi) is 8.63. The fourth-order valence-corrected chi connectivity index (χ4v) is 1.55. The predicted octanol–water partition coefficient (Wildman–Crippen LogP) is 2.41. The van der Waals surface area contributed by atoms with Crippen LogP contribution in [0, 0.1) is 0 Å². The molecular weight excluding hydrogens is 230 g/mol. The molecule has 0 bridgehead atoms. The molecule has 1 heterocycles. The summed E-state index contributed by atoms with van der Waals surface area (Å²) in [7, 11) is 0. The fourth-order valence-electron chi connectivity index (χ4n) is 1.55. The molecule has 0 radical (unpaired) electrons. The van der Waals surface area contributed by atoms with Crippen LogP contribution in [0.3, 0.4) is 0 Å². The maximum atomic E-state index is 10.9. The van der Waals surface area contributed by atoms with Gasteiger partial charge in [0.1, 0.15) is 11.4 Å². The minimum atomic E-state index is -0.318. The Hall–Kier alpha value is -0.900. The summed E-state index contributed by atoms with van der Waals surface area (Å²) < 4.78 is 4.55. The molecule has 18 heavy (non-hydrogen) atoms.